The van der Waals surface area contributed by atoms with Crippen LogP contribution in [0.25, 0.3) is 10.8 Å². The Labute approximate surface area is 160 Å². The van der Waals surface area contributed by atoms with Crippen LogP contribution in [0.5, 0.6) is 5.75 Å². The lowest BCUT2D eigenvalue weighted by Gasteiger charge is -2.08. The molecule has 3 aromatic carbocycles. The van der Waals surface area contributed by atoms with E-state index >= 15 is 0 Å². The van der Waals surface area contributed by atoms with E-state index in [9.17, 15) is 9.59 Å². The Morgan fingerprint density at radius 2 is 1.65 bits per heavy atom. The third kappa shape index (κ3) is 4.70. The van der Waals surface area contributed by atoms with E-state index < -0.39 is 0 Å². The van der Waals surface area contributed by atoms with Crippen LogP contribution in [0.1, 0.15) is 22.8 Å². The van der Waals surface area contributed by atoms with Gasteiger partial charge in [0.25, 0.3) is 0 Å². The van der Waals surface area contributed by atoms with E-state index in [1.807, 2.05) is 48.5 Å². The highest BCUT2D eigenvalue weighted by Crippen LogP contribution is 2.24. The van der Waals surface area contributed by atoms with Crippen molar-refractivity contribution in [3.05, 3.63) is 76.3 Å². The average molecular weight is 412 g/mol. The second-order valence-corrected chi connectivity index (χ2v) is 6.89. The Morgan fingerprint density at radius 1 is 0.962 bits per heavy atom. The molecule has 0 unspecified atom stereocenters. The molecule has 26 heavy (non-hydrogen) atoms. The third-order valence-corrected chi connectivity index (χ3v) is 4.45. The van der Waals surface area contributed by atoms with Crippen molar-refractivity contribution in [2.24, 2.45) is 0 Å². The first-order chi connectivity index (χ1) is 12.5. The number of benzene rings is 3. The molecule has 0 saturated carbocycles. The highest BCUT2D eigenvalue weighted by molar-refractivity contribution is 9.10. The van der Waals surface area contributed by atoms with Gasteiger partial charge in [-0.25, -0.2) is 0 Å². The molecule has 0 atom stereocenters. The van der Waals surface area contributed by atoms with Crippen molar-refractivity contribution >= 4 is 38.4 Å². The van der Waals surface area contributed by atoms with Crippen molar-refractivity contribution in [2.75, 3.05) is 6.61 Å². The standard InChI is InChI=1S/C21H18BrNO3/c1-14(24)23-12-15-2-4-16(5-3-15)21(25)13-26-20-9-7-17-10-19(22)8-6-18(17)11-20/h2-11H,12-13H2,1H3,(H,23,24). The summed E-state index contributed by atoms with van der Waals surface area (Å²) < 4.78 is 6.68. The lowest BCUT2D eigenvalue weighted by atomic mass is 10.1. The van der Waals surface area contributed by atoms with Gasteiger partial charge in [-0.15, -0.1) is 0 Å². The molecular formula is C21H18BrNO3. The minimum Gasteiger partial charge on any atom is -0.485 e. The second-order valence-electron chi connectivity index (χ2n) is 5.97. The smallest absolute Gasteiger partial charge is 0.217 e. The number of carbonyl (C=O) groups is 2. The van der Waals surface area contributed by atoms with Crippen LogP contribution in [0, 0.1) is 0 Å². The number of Topliss-reactive ketones (excluding diaryl/α,β-unsaturated/α-hetero) is 1. The van der Waals surface area contributed by atoms with Gasteiger partial charge in [0.1, 0.15) is 5.75 Å². The lowest BCUT2D eigenvalue weighted by molar-refractivity contribution is -0.119. The average Bonchev–Trinajstić information content (AvgIpc) is 2.64. The molecule has 1 amide bonds. The summed E-state index contributed by atoms with van der Waals surface area (Å²) in [5, 5.41) is 4.88. The van der Waals surface area contributed by atoms with Crippen molar-refractivity contribution in [2.45, 2.75) is 13.5 Å². The summed E-state index contributed by atoms with van der Waals surface area (Å²) >= 11 is 3.45. The van der Waals surface area contributed by atoms with E-state index in [1.165, 1.54) is 6.92 Å². The maximum absolute atomic E-state index is 12.3. The molecule has 0 bridgehead atoms. The topological polar surface area (TPSA) is 55.4 Å². The van der Waals surface area contributed by atoms with Gasteiger partial charge >= 0.3 is 0 Å². The van der Waals surface area contributed by atoms with Gasteiger partial charge in [0.05, 0.1) is 0 Å². The maximum atomic E-state index is 12.3. The zero-order chi connectivity index (χ0) is 18.5. The fourth-order valence-electron chi connectivity index (χ4n) is 2.55. The summed E-state index contributed by atoms with van der Waals surface area (Å²) in [5.74, 6) is 0.490. The van der Waals surface area contributed by atoms with Crippen LogP contribution < -0.4 is 10.1 Å². The van der Waals surface area contributed by atoms with Crippen molar-refractivity contribution in [1.29, 1.82) is 0 Å². The largest absolute Gasteiger partial charge is 0.485 e. The van der Waals surface area contributed by atoms with Gasteiger partial charge in [-0.2, -0.15) is 0 Å². The molecule has 0 radical (unpaired) electrons. The predicted octanol–water partition coefficient (Wildman–Crippen LogP) is 4.50. The number of carbonyl (C=O) groups excluding carboxylic acids is 2. The van der Waals surface area contributed by atoms with Gasteiger partial charge in [-0.3, -0.25) is 9.59 Å². The SMILES string of the molecule is CC(=O)NCc1ccc(C(=O)COc2ccc3cc(Br)ccc3c2)cc1. The number of amides is 1. The zero-order valence-electron chi connectivity index (χ0n) is 14.3. The minimum absolute atomic E-state index is 0.0208. The molecule has 1 N–H and O–H groups in total. The highest BCUT2D eigenvalue weighted by Gasteiger charge is 2.08. The Hall–Kier alpha value is -2.66. The molecule has 0 spiro atoms. The normalized spacial score (nSPS) is 10.5. The molecule has 0 fully saturated rings. The summed E-state index contributed by atoms with van der Waals surface area (Å²) in [7, 11) is 0. The van der Waals surface area contributed by atoms with Crippen molar-refractivity contribution in [3.63, 3.8) is 0 Å². The van der Waals surface area contributed by atoms with Crippen molar-refractivity contribution in [1.82, 2.24) is 5.32 Å². The minimum atomic E-state index is -0.0908. The van der Waals surface area contributed by atoms with E-state index in [4.69, 9.17) is 4.74 Å². The summed E-state index contributed by atoms with van der Waals surface area (Å²) in [6.07, 6.45) is 0. The highest BCUT2D eigenvalue weighted by atomic mass is 79.9. The Kier molecular flexibility index (Phi) is 5.68. The van der Waals surface area contributed by atoms with Crippen LogP contribution in [-0.4, -0.2) is 18.3 Å². The van der Waals surface area contributed by atoms with Gasteiger partial charge in [-0.05, 0) is 40.6 Å². The number of hydrogen-bond donors (Lipinski definition) is 1. The second kappa shape index (κ2) is 8.15. The number of rotatable bonds is 6. The monoisotopic (exact) mass is 411 g/mol. The van der Waals surface area contributed by atoms with E-state index in [1.54, 1.807) is 12.1 Å². The Balaban J connectivity index is 1.61. The number of halogens is 1. The molecule has 0 aliphatic carbocycles. The molecular weight excluding hydrogens is 394 g/mol. The quantitative estimate of drug-likeness (QED) is 0.607. The van der Waals surface area contributed by atoms with Crippen LogP contribution in [0.15, 0.2) is 65.1 Å². The molecule has 0 aliphatic rings. The van der Waals surface area contributed by atoms with E-state index in [0.717, 1.165) is 20.8 Å². The molecule has 0 aliphatic heterocycles. The number of hydrogen-bond acceptors (Lipinski definition) is 3. The lowest BCUT2D eigenvalue weighted by Crippen LogP contribution is -2.19. The molecule has 3 aromatic rings. The molecule has 4 nitrogen and oxygen atoms in total. The van der Waals surface area contributed by atoms with Crippen LogP contribution in [0.3, 0.4) is 0 Å². The Morgan fingerprint density at radius 3 is 2.38 bits per heavy atom. The fraction of sp³-hybridized carbons (Fsp3) is 0.143. The van der Waals surface area contributed by atoms with Crippen LogP contribution in [-0.2, 0) is 11.3 Å². The van der Waals surface area contributed by atoms with Crippen molar-refractivity contribution < 1.29 is 14.3 Å². The first-order valence-corrected chi connectivity index (χ1v) is 8.99. The van der Waals surface area contributed by atoms with Gasteiger partial charge in [0, 0.05) is 23.5 Å². The number of fused-ring (bicyclic) bond motifs is 1. The first-order valence-electron chi connectivity index (χ1n) is 8.20. The summed E-state index contributed by atoms with van der Waals surface area (Å²) in [5.41, 5.74) is 1.53. The summed E-state index contributed by atoms with van der Waals surface area (Å²) in [6, 6.07) is 18.9. The molecule has 0 saturated heterocycles. The Bertz CT molecular complexity index is 951. The van der Waals surface area contributed by atoms with Crippen molar-refractivity contribution in [3.8, 4) is 5.75 Å². The van der Waals surface area contributed by atoms with Gasteiger partial charge in [0.2, 0.25) is 5.91 Å². The van der Waals surface area contributed by atoms with Crippen LogP contribution in [0.2, 0.25) is 0 Å². The fourth-order valence-corrected chi connectivity index (χ4v) is 2.93. The maximum Gasteiger partial charge on any atom is 0.217 e. The van der Waals surface area contributed by atoms with E-state index in [-0.39, 0.29) is 18.3 Å². The van der Waals surface area contributed by atoms with E-state index in [0.29, 0.717) is 17.9 Å². The molecule has 3 rings (SSSR count). The summed E-state index contributed by atoms with van der Waals surface area (Å²) in [4.78, 5) is 23.2. The van der Waals surface area contributed by atoms with Crippen LogP contribution in [0.4, 0.5) is 0 Å². The first kappa shape index (κ1) is 18.1. The van der Waals surface area contributed by atoms with Gasteiger partial charge in [0.15, 0.2) is 12.4 Å². The van der Waals surface area contributed by atoms with Gasteiger partial charge < -0.3 is 10.1 Å². The van der Waals surface area contributed by atoms with Crippen LogP contribution >= 0.6 is 15.9 Å². The third-order valence-electron chi connectivity index (χ3n) is 3.96. The number of nitrogens with one attached hydrogen (secondary N) is 1. The zero-order valence-corrected chi connectivity index (χ0v) is 15.9. The molecule has 0 heterocycles. The van der Waals surface area contributed by atoms with E-state index in [2.05, 4.69) is 21.2 Å². The molecule has 5 heteroatoms. The number of ketones is 1. The molecule has 132 valence electrons. The molecule has 0 aromatic heterocycles. The predicted molar refractivity (Wildman–Crippen MR) is 105 cm³/mol. The summed E-state index contributed by atoms with van der Waals surface area (Å²) in [6.45, 7) is 1.90. The van der Waals surface area contributed by atoms with Gasteiger partial charge in [-0.1, -0.05) is 52.3 Å². The number of ether oxygens (including phenoxy) is 1.